The van der Waals surface area contributed by atoms with E-state index in [2.05, 4.69) is 278 Å². The Balaban J connectivity index is 0.000000123. The fourth-order valence-corrected chi connectivity index (χ4v) is 23.7. The average Bonchev–Trinajstić information content (AvgIpc) is 1.52. The van der Waals surface area contributed by atoms with Crippen LogP contribution < -0.4 is 24.5 Å². The van der Waals surface area contributed by atoms with Crippen LogP contribution in [-0.4, -0.2) is 62.9 Å². The van der Waals surface area contributed by atoms with Crippen molar-refractivity contribution in [1.82, 2.24) is 4.98 Å². The molecule has 9 heterocycles. The van der Waals surface area contributed by atoms with Crippen LogP contribution in [-0.2, 0) is 0 Å². The lowest BCUT2D eigenvalue weighted by molar-refractivity contribution is 0.170. The fourth-order valence-electron chi connectivity index (χ4n) is 23.7. The number of aromatic nitrogens is 1. The molecule has 11 aromatic rings. The highest BCUT2D eigenvalue weighted by atomic mass is 16.3. The van der Waals surface area contributed by atoms with Crippen LogP contribution in [0.2, 0.25) is 0 Å². The predicted molar refractivity (Wildman–Crippen MR) is 486 cm³/mol. The summed E-state index contributed by atoms with van der Waals surface area (Å²) in [6, 6.07) is 51.8. The lowest BCUT2D eigenvalue weighted by Crippen LogP contribution is -2.44. The van der Waals surface area contributed by atoms with E-state index in [0.29, 0.717) is 23.5 Å². The molecular formula is C104H140N6O3. The molecule has 7 aromatic carbocycles. The van der Waals surface area contributed by atoms with Crippen molar-refractivity contribution < 1.29 is 22.8 Å². The largest absolute Gasteiger partial charge is 0.454 e. The van der Waals surface area contributed by atoms with E-state index in [9.17, 15) is 0 Å². The van der Waals surface area contributed by atoms with Crippen molar-refractivity contribution in [2.75, 3.05) is 24.5 Å². The molecule has 18 rings (SSSR count). The van der Waals surface area contributed by atoms with Crippen LogP contribution in [0, 0.1) is 68.6 Å². The maximum atomic E-state index is 9.04. The average molecular weight is 1530 g/mol. The predicted octanol–water partition coefficient (Wildman–Crippen LogP) is 29.2. The maximum absolute atomic E-state index is 9.04. The number of para-hydroxylation sites is 4. The third-order valence-corrected chi connectivity index (χ3v) is 28.9. The molecule has 2 spiro atoms. The van der Waals surface area contributed by atoms with Crippen molar-refractivity contribution in [2.45, 2.75) is 341 Å². The van der Waals surface area contributed by atoms with Gasteiger partial charge in [-0.15, -0.1) is 0 Å². The van der Waals surface area contributed by atoms with Crippen molar-refractivity contribution in [3.63, 3.8) is 0 Å². The number of nitrogens with zero attached hydrogens (tertiary/aromatic N) is 6. The van der Waals surface area contributed by atoms with E-state index < -0.39 is 42.1 Å². The van der Waals surface area contributed by atoms with Gasteiger partial charge in [0.2, 0.25) is 5.71 Å². The summed E-state index contributed by atoms with van der Waals surface area (Å²) < 4.78 is 78.4. The van der Waals surface area contributed by atoms with Crippen molar-refractivity contribution in [1.29, 1.82) is 0 Å². The monoisotopic (exact) mass is 1530 g/mol. The number of hydrogen-bond acceptors (Lipinski definition) is 9. The van der Waals surface area contributed by atoms with E-state index in [1.807, 2.05) is 56.0 Å². The molecule has 4 aromatic heterocycles. The zero-order valence-corrected chi connectivity index (χ0v) is 73.8. The van der Waals surface area contributed by atoms with Crippen LogP contribution in [0.4, 0.5) is 28.4 Å². The molecule has 604 valence electrons. The zero-order valence-electron chi connectivity index (χ0n) is 80.8. The Bertz CT molecular complexity index is 5640. The Kier molecular flexibility index (Phi) is 18.9. The van der Waals surface area contributed by atoms with Gasteiger partial charge in [0.1, 0.15) is 11.2 Å². The standard InChI is InChI=1S/C25H31NO.C22H28N2O.C22H27NO.C19H29N.C16H25N/c1-17-12-13-20-19-10-6-7-11-21(19)27-23(20)22(17)26-18(2)25(16-24(26,3)4)14-8-5-9-15-25;1-13-8-10-16-17-11-9-14(2)23-20(17)25-19(16)18(13)24-15(3)21(4,5)12-22(24,6)7;1-14-11-12-17-16-9-7-8-10-18(16)24-20(17)19(14)23-15(2)21(3,4)13-22(23,5)6;1-15-10-6-7-11-17(15)20-16(2)19(14-18(20,3)4)12-8-5-9-13-19;1-12-9-7-8-10-14(12)17-13(2)15(3,4)11-16(17,5)6/h6-7,10-13,18H,5,8-9,14-16H2,1-4H3;8-11,15H,12H2,1-7H3;7-12,15H,13H2,1-6H3;6-7,10-11,16H,5,8-9,12-14H2,1-4H3;7-10,13H,11H2,1-6H3/i;;;14D2;3D3,11D2. The molecular weight excluding hydrogens is 1380 g/mol. The Morgan fingerprint density at radius 2 is 0.681 bits per heavy atom. The molecule has 0 bridgehead atoms. The van der Waals surface area contributed by atoms with Gasteiger partial charge in [0, 0.05) is 117 Å². The minimum Gasteiger partial charge on any atom is -0.454 e. The van der Waals surface area contributed by atoms with E-state index >= 15 is 0 Å². The first kappa shape index (κ1) is 72.8. The smallest absolute Gasteiger partial charge is 0.227 e. The summed E-state index contributed by atoms with van der Waals surface area (Å²) in [6.07, 6.45) is 13.2. The van der Waals surface area contributed by atoms with Gasteiger partial charge < -0.3 is 37.8 Å². The summed E-state index contributed by atoms with van der Waals surface area (Å²) in [7, 11) is 0. The molecule has 5 saturated heterocycles. The van der Waals surface area contributed by atoms with Crippen molar-refractivity contribution in [3.05, 3.63) is 179 Å². The van der Waals surface area contributed by atoms with Gasteiger partial charge >= 0.3 is 0 Å². The summed E-state index contributed by atoms with van der Waals surface area (Å²) in [5.74, 6) is 0. The van der Waals surface area contributed by atoms with E-state index in [1.54, 1.807) is 20.8 Å². The second-order valence-corrected chi connectivity index (χ2v) is 40.4. The molecule has 9 nitrogen and oxygen atoms in total. The SMILES string of the molecule is Cc1ccc2c(n1)oc1c(N3C(C)C(C)(C)CC3(C)C)c(C)ccc12.Cc1ccc2c(oc3ccccc32)c1N1C(C)C(C)(C)CC1(C)C.Cc1ccc2c(oc3ccccc32)c1N1C(C)C2(CCCCC2)CC1(C)C.[2H]C([2H])([2H])C1(C)C(C)N(c2ccccc2C)C(C)(C)C1([2H])[2H].[2H]C1([2H])C2(CCCCC2)C(C)N(c2ccccc2C)C1(C)C. The third-order valence-electron chi connectivity index (χ3n) is 28.9. The number of fused-ring (bicyclic) bond motifs is 9. The third kappa shape index (κ3) is 14.4. The summed E-state index contributed by atoms with van der Waals surface area (Å²) in [5.41, 5.74) is 17.1. The van der Waals surface area contributed by atoms with E-state index in [4.69, 9.17) is 22.8 Å². The summed E-state index contributed by atoms with van der Waals surface area (Å²) in [4.78, 5) is 16.9. The Morgan fingerprint density at radius 1 is 0.327 bits per heavy atom. The van der Waals surface area contributed by atoms with Crippen LogP contribution in [0.5, 0.6) is 0 Å². The highest BCUT2D eigenvalue weighted by Crippen LogP contribution is 2.60. The first-order chi connectivity index (χ1) is 55.8. The van der Waals surface area contributed by atoms with Crippen molar-refractivity contribution >= 4 is 94.4 Å². The number of pyridine rings is 1. The van der Waals surface area contributed by atoms with Gasteiger partial charge in [0.15, 0.2) is 16.7 Å². The van der Waals surface area contributed by atoms with Crippen molar-refractivity contribution in [2.24, 2.45) is 27.1 Å². The lowest BCUT2D eigenvalue weighted by atomic mass is 9.68. The molecule has 0 radical (unpaired) electrons. The molecule has 2 aliphatic carbocycles. The molecule has 9 heteroatoms. The molecule has 5 aliphatic heterocycles. The van der Waals surface area contributed by atoms with Crippen LogP contribution in [0.15, 0.2) is 159 Å². The van der Waals surface area contributed by atoms with Gasteiger partial charge in [-0.2, -0.15) is 0 Å². The summed E-state index contributed by atoms with van der Waals surface area (Å²) in [5, 5.41) is 7.17. The molecule has 7 fully saturated rings. The number of rotatable bonds is 5. The summed E-state index contributed by atoms with van der Waals surface area (Å²) in [6.45, 7) is 54.8. The zero-order chi connectivity index (χ0) is 87.5. The van der Waals surface area contributed by atoms with Gasteiger partial charge in [0.05, 0.1) is 17.1 Å². The maximum Gasteiger partial charge on any atom is 0.227 e. The number of anilines is 5. The molecule has 0 N–H and O–H groups in total. The molecule has 6 atom stereocenters. The van der Waals surface area contributed by atoms with Crippen molar-refractivity contribution in [3.8, 4) is 0 Å². The quantitative estimate of drug-likeness (QED) is 0.168. The second kappa shape index (κ2) is 29.4. The molecule has 0 amide bonds. The summed E-state index contributed by atoms with van der Waals surface area (Å²) >= 11 is 0. The van der Waals surface area contributed by atoms with Gasteiger partial charge in [-0.05, 0) is 294 Å². The minimum absolute atomic E-state index is 0.0876. The first-order valence-corrected chi connectivity index (χ1v) is 43.0. The lowest BCUT2D eigenvalue weighted by Gasteiger charge is -2.41. The molecule has 113 heavy (non-hydrogen) atoms. The van der Waals surface area contributed by atoms with Gasteiger partial charge in [0.25, 0.3) is 0 Å². The Morgan fingerprint density at radius 3 is 1.11 bits per heavy atom. The van der Waals surface area contributed by atoms with Crippen LogP contribution in [0.1, 0.15) is 285 Å². The Hall–Kier alpha value is -7.91. The van der Waals surface area contributed by atoms with E-state index in [1.165, 1.54) is 131 Å². The molecule has 6 unspecified atom stereocenters. The first-order valence-electron chi connectivity index (χ1n) is 46.5. The second-order valence-electron chi connectivity index (χ2n) is 40.4. The number of furan rings is 3. The van der Waals surface area contributed by atoms with Gasteiger partial charge in [-0.3, -0.25) is 0 Å². The normalized spacial score (nSPS) is 27.2. The van der Waals surface area contributed by atoms with Crippen LogP contribution in [0.3, 0.4) is 0 Å². The van der Waals surface area contributed by atoms with E-state index in [0.717, 1.165) is 80.6 Å². The van der Waals surface area contributed by atoms with Gasteiger partial charge in [-0.25, -0.2) is 4.98 Å². The molecule has 2 saturated carbocycles. The minimum atomic E-state index is -2.38. The number of benzene rings is 7. The number of hydrogen-bond donors (Lipinski definition) is 0. The highest BCUT2D eigenvalue weighted by molar-refractivity contribution is 6.11. The van der Waals surface area contributed by atoms with Crippen LogP contribution >= 0.6 is 0 Å². The van der Waals surface area contributed by atoms with E-state index in [-0.39, 0.29) is 38.9 Å². The fraction of sp³-hybridized carbons (Fsp3) is 0.548. The van der Waals surface area contributed by atoms with Gasteiger partial charge in [-0.1, -0.05) is 189 Å². The topological polar surface area (TPSA) is 68.5 Å². The Labute approximate surface area is 690 Å². The molecule has 7 aliphatic rings. The number of aryl methyl sites for hydroxylation is 6. The highest BCUT2D eigenvalue weighted by Gasteiger charge is 2.57. The van der Waals surface area contributed by atoms with Crippen LogP contribution in [0.25, 0.3) is 65.9 Å².